The largest absolute Gasteiger partial charge is 0.339 e. The topological polar surface area (TPSA) is 83.7 Å². The lowest BCUT2D eigenvalue weighted by molar-refractivity contribution is 0.0773. The zero-order valence-corrected chi connectivity index (χ0v) is 15.8. The number of carbonyl (C=O) groups is 1. The maximum atomic E-state index is 12.6. The quantitative estimate of drug-likeness (QED) is 0.848. The molecule has 1 unspecified atom stereocenters. The fraction of sp³-hybridized carbons (Fsp3) is 0.562. The van der Waals surface area contributed by atoms with E-state index in [2.05, 4.69) is 0 Å². The van der Waals surface area contributed by atoms with Gasteiger partial charge in [0, 0.05) is 37.8 Å². The molecule has 1 aromatic rings. The standard InChI is InChI=1S/C16H25N3O3S.ClH/c1-3-18(4-2)16(20)13-7-9-15(10-8-13)23(21,22)19-11-5-6-14(17)12-19;/h7-10,14H,3-6,11-12,17H2,1-2H3;1H. The molecule has 1 aliphatic rings. The van der Waals surface area contributed by atoms with E-state index in [9.17, 15) is 13.2 Å². The Balaban J connectivity index is 0.00000288. The van der Waals surface area contributed by atoms with Gasteiger partial charge in [-0.05, 0) is 51.0 Å². The van der Waals surface area contributed by atoms with Gasteiger partial charge in [-0.1, -0.05) is 0 Å². The van der Waals surface area contributed by atoms with Gasteiger partial charge in [-0.2, -0.15) is 4.31 Å². The highest BCUT2D eigenvalue weighted by Gasteiger charge is 2.29. The van der Waals surface area contributed by atoms with Crippen molar-refractivity contribution in [2.45, 2.75) is 37.6 Å². The molecular weight excluding hydrogens is 350 g/mol. The number of nitrogens with two attached hydrogens (primary N) is 1. The van der Waals surface area contributed by atoms with Crippen molar-refractivity contribution in [2.24, 2.45) is 5.73 Å². The molecule has 2 rings (SSSR count). The SMILES string of the molecule is CCN(CC)C(=O)c1ccc(S(=O)(=O)N2CCCC(N)C2)cc1.Cl. The van der Waals surface area contributed by atoms with Crippen molar-refractivity contribution >= 4 is 28.3 Å². The van der Waals surface area contributed by atoms with Crippen LogP contribution in [-0.2, 0) is 10.0 Å². The number of sulfonamides is 1. The van der Waals surface area contributed by atoms with Crippen LogP contribution in [0.3, 0.4) is 0 Å². The highest BCUT2D eigenvalue weighted by molar-refractivity contribution is 7.89. The van der Waals surface area contributed by atoms with Gasteiger partial charge in [-0.3, -0.25) is 4.79 Å². The van der Waals surface area contributed by atoms with Crippen LogP contribution in [0.5, 0.6) is 0 Å². The molecule has 0 bridgehead atoms. The minimum absolute atomic E-state index is 0. The lowest BCUT2D eigenvalue weighted by Crippen LogP contribution is -2.45. The summed E-state index contributed by atoms with van der Waals surface area (Å²) in [6.07, 6.45) is 1.63. The zero-order chi connectivity index (χ0) is 17.0. The predicted molar refractivity (Wildman–Crippen MR) is 96.9 cm³/mol. The zero-order valence-electron chi connectivity index (χ0n) is 14.1. The fourth-order valence-electron chi connectivity index (χ4n) is 2.80. The molecule has 1 aliphatic heterocycles. The lowest BCUT2D eigenvalue weighted by atomic mass is 10.1. The first-order valence-corrected chi connectivity index (χ1v) is 9.49. The third-order valence-electron chi connectivity index (χ3n) is 4.21. The van der Waals surface area contributed by atoms with Crippen molar-refractivity contribution in [3.05, 3.63) is 29.8 Å². The number of carbonyl (C=O) groups excluding carboxylic acids is 1. The Morgan fingerprint density at radius 1 is 1.25 bits per heavy atom. The van der Waals surface area contributed by atoms with E-state index in [0.29, 0.717) is 31.7 Å². The summed E-state index contributed by atoms with van der Waals surface area (Å²) >= 11 is 0. The van der Waals surface area contributed by atoms with Gasteiger partial charge in [0.2, 0.25) is 10.0 Å². The summed E-state index contributed by atoms with van der Waals surface area (Å²) in [5.74, 6) is -0.0843. The smallest absolute Gasteiger partial charge is 0.253 e. The molecule has 1 aromatic carbocycles. The van der Waals surface area contributed by atoms with Gasteiger partial charge in [0.05, 0.1) is 4.90 Å². The van der Waals surface area contributed by atoms with Crippen molar-refractivity contribution in [3.63, 3.8) is 0 Å². The van der Waals surface area contributed by atoms with Crippen molar-refractivity contribution in [2.75, 3.05) is 26.2 Å². The summed E-state index contributed by atoms with van der Waals surface area (Å²) in [6, 6.07) is 6.06. The Bertz CT molecular complexity index is 645. The summed E-state index contributed by atoms with van der Waals surface area (Å²) in [6.45, 7) is 5.93. The molecule has 136 valence electrons. The molecular formula is C16H26ClN3O3S. The van der Waals surface area contributed by atoms with Gasteiger partial charge in [0.25, 0.3) is 5.91 Å². The normalized spacial score (nSPS) is 18.7. The van der Waals surface area contributed by atoms with Gasteiger partial charge in [-0.15, -0.1) is 12.4 Å². The number of halogens is 1. The number of benzene rings is 1. The summed E-state index contributed by atoms with van der Waals surface area (Å²) in [5.41, 5.74) is 6.37. The lowest BCUT2D eigenvalue weighted by Gasteiger charge is -2.29. The second-order valence-corrected chi connectivity index (χ2v) is 7.71. The molecule has 6 nitrogen and oxygen atoms in total. The number of hydrogen-bond acceptors (Lipinski definition) is 4. The molecule has 1 amide bonds. The van der Waals surface area contributed by atoms with E-state index >= 15 is 0 Å². The molecule has 2 N–H and O–H groups in total. The number of piperidine rings is 1. The van der Waals surface area contributed by atoms with Crippen LogP contribution < -0.4 is 5.73 Å². The third-order valence-corrected chi connectivity index (χ3v) is 6.09. The molecule has 24 heavy (non-hydrogen) atoms. The summed E-state index contributed by atoms with van der Waals surface area (Å²) < 4.78 is 26.7. The van der Waals surface area contributed by atoms with E-state index < -0.39 is 10.0 Å². The molecule has 1 saturated heterocycles. The van der Waals surface area contributed by atoms with E-state index in [-0.39, 0.29) is 29.3 Å². The maximum Gasteiger partial charge on any atom is 0.253 e. The van der Waals surface area contributed by atoms with Crippen molar-refractivity contribution in [1.82, 2.24) is 9.21 Å². The van der Waals surface area contributed by atoms with Crippen LogP contribution in [0.1, 0.15) is 37.0 Å². The Morgan fingerprint density at radius 2 is 1.83 bits per heavy atom. The van der Waals surface area contributed by atoms with Crippen molar-refractivity contribution < 1.29 is 13.2 Å². The van der Waals surface area contributed by atoms with Gasteiger partial charge in [0.1, 0.15) is 0 Å². The van der Waals surface area contributed by atoms with E-state index in [4.69, 9.17) is 5.73 Å². The van der Waals surface area contributed by atoms with E-state index in [1.54, 1.807) is 17.0 Å². The molecule has 1 atom stereocenters. The summed E-state index contributed by atoms with van der Waals surface area (Å²) in [7, 11) is -3.54. The first-order chi connectivity index (χ1) is 10.9. The molecule has 8 heteroatoms. The second kappa shape index (κ2) is 8.80. The molecule has 1 fully saturated rings. The molecule has 0 aliphatic carbocycles. The van der Waals surface area contributed by atoms with Gasteiger partial charge in [-0.25, -0.2) is 8.42 Å². The van der Waals surface area contributed by atoms with Crippen LogP contribution in [0.15, 0.2) is 29.2 Å². The minimum Gasteiger partial charge on any atom is -0.339 e. The van der Waals surface area contributed by atoms with Gasteiger partial charge >= 0.3 is 0 Å². The van der Waals surface area contributed by atoms with Crippen LogP contribution >= 0.6 is 12.4 Å². The highest BCUT2D eigenvalue weighted by Crippen LogP contribution is 2.21. The average molecular weight is 376 g/mol. The monoisotopic (exact) mass is 375 g/mol. The van der Waals surface area contributed by atoms with Crippen molar-refractivity contribution in [3.8, 4) is 0 Å². The predicted octanol–water partition coefficient (Wildman–Crippen LogP) is 1.70. The molecule has 0 saturated carbocycles. The van der Waals surface area contributed by atoms with Crippen LogP contribution in [0.4, 0.5) is 0 Å². The Kier molecular flexibility index (Phi) is 7.66. The number of rotatable bonds is 5. The first-order valence-electron chi connectivity index (χ1n) is 8.05. The van der Waals surface area contributed by atoms with E-state index in [1.807, 2.05) is 13.8 Å². The second-order valence-electron chi connectivity index (χ2n) is 5.77. The number of amides is 1. The minimum atomic E-state index is -3.54. The fourth-order valence-corrected chi connectivity index (χ4v) is 4.34. The molecule has 0 aromatic heterocycles. The Morgan fingerprint density at radius 3 is 2.33 bits per heavy atom. The third kappa shape index (κ3) is 4.47. The van der Waals surface area contributed by atoms with E-state index in [0.717, 1.165) is 12.8 Å². The molecule has 0 spiro atoms. The summed E-state index contributed by atoms with van der Waals surface area (Å²) in [4.78, 5) is 14.2. The maximum absolute atomic E-state index is 12.6. The van der Waals surface area contributed by atoms with Crippen LogP contribution in [0.25, 0.3) is 0 Å². The van der Waals surface area contributed by atoms with Crippen LogP contribution in [0.2, 0.25) is 0 Å². The molecule has 1 heterocycles. The van der Waals surface area contributed by atoms with Crippen LogP contribution in [0, 0.1) is 0 Å². The average Bonchev–Trinajstić information content (AvgIpc) is 2.56. The Labute approximate surface area is 150 Å². The number of nitrogens with zero attached hydrogens (tertiary/aromatic N) is 2. The van der Waals surface area contributed by atoms with Crippen LogP contribution in [-0.4, -0.2) is 55.8 Å². The van der Waals surface area contributed by atoms with Crippen molar-refractivity contribution in [1.29, 1.82) is 0 Å². The van der Waals surface area contributed by atoms with E-state index in [1.165, 1.54) is 16.4 Å². The van der Waals surface area contributed by atoms with Gasteiger partial charge in [0.15, 0.2) is 0 Å². The summed E-state index contributed by atoms with van der Waals surface area (Å²) in [5, 5.41) is 0. The number of hydrogen-bond donors (Lipinski definition) is 1. The molecule has 0 radical (unpaired) electrons. The van der Waals surface area contributed by atoms with Gasteiger partial charge < -0.3 is 10.6 Å². The highest BCUT2D eigenvalue weighted by atomic mass is 35.5. The Hall–Kier alpha value is -1.15. The first kappa shape index (κ1) is 20.9.